The number of nitrogens with one attached hydrogen (secondary N) is 4. The molecular formula is C42H50F2N8O9. The zero-order valence-electron chi connectivity index (χ0n) is 34.2. The van der Waals surface area contributed by atoms with E-state index in [0.29, 0.717) is 11.3 Å². The molecular weight excluding hydrogens is 799 g/mol. The van der Waals surface area contributed by atoms with Crippen LogP contribution in [0, 0.1) is 17.0 Å². The van der Waals surface area contributed by atoms with Crippen LogP contribution >= 0.6 is 0 Å². The fourth-order valence-electron chi connectivity index (χ4n) is 6.86. The molecule has 3 atom stereocenters. The summed E-state index contributed by atoms with van der Waals surface area (Å²) >= 11 is 0. The number of primary amides is 1. The summed E-state index contributed by atoms with van der Waals surface area (Å²) in [5, 5.41) is 20.2. The van der Waals surface area contributed by atoms with Crippen molar-refractivity contribution in [1.29, 1.82) is 0 Å². The monoisotopic (exact) mass is 848 g/mol. The zero-order valence-corrected chi connectivity index (χ0v) is 34.2. The Hall–Kier alpha value is -6.76. The van der Waals surface area contributed by atoms with Crippen molar-refractivity contribution in [2.75, 3.05) is 32.8 Å². The Morgan fingerprint density at radius 3 is 2.13 bits per heavy atom. The van der Waals surface area contributed by atoms with Crippen LogP contribution in [0.25, 0.3) is 11.1 Å². The van der Waals surface area contributed by atoms with Crippen LogP contribution in [0.5, 0.6) is 0 Å². The molecule has 0 fully saturated rings. The molecule has 1 aliphatic heterocycles. The predicted molar refractivity (Wildman–Crippen MR) is 216 cm³/mol. The number of amides is 8. The average Bonchev–Trinajstić information content (AvgIpc) is 3.74. The van der Waals surface area contributed by atoms with Crippen molar-refractivity contribution in [2.45, 2.75) is 65.2 Å². The summed E-state index contributed by atoms with van der Waals surface area (Å²) < 4.78 is 31.4. The van der Waals surface area contributed by atoms with Crippen molar-refractivity contribution in [3.8, 4) is 11.1 Å². The van der Waals surface area contributed by atoms with Crippen molar-refractivity contribution in [3.05, 3.63) is 95.8 Å². The Morgan fingerprint density at radius 2 is 1.52 bits per heavy atom. The minimum atomic E-state index is -1.48. The second-order valence-corrected chi connectivity index (χ2v) is 15.4. The number of hydrogen-bond donors (Lipinski definition) is 6. The summed E-state index contributed by atoms with van der Waals surface area (Å²) in [5.74, 6) is -7.50. The molecule has 2 heterocycles. The van der Waals surface area contributed by atoms with E-state index in [9.17, 15) is 47.9 Å². The van der Waals surface area contributed by atoms with Crippen molar-refractivity contribution in [3.63, 3.8) is 0 Å². The molecule has 0 saturated carbocycles. The molecule has 0 spiro atoms. The number of carbonyl (C=O) groups excluding carboxylic acids is 8. The Kier molecular flexibility index (Phi) is 16.1. The number of aliphatic hydroxyl groups excluding tert-OH is 1. The highest BCUT2D eigenvalue weighted by molar-refractivity contribution is 6.14. The molecule has 0 aliphatic carbocycles. The van der Waals surface area contributed by atoms with E-state index in [1.807, 2.05) is 51.1 Å². The standard InChI is InChI=1S/C42H50F2N8O9/c1-25(54)48-32(20-34(45)55)41(61)49-31(40(60)47-16-15-46-35(56)23-52-36(57)12-13-37(52)58)14-17-51(38(59)24-53)39(42(2,3)4)33-18-27(29-19-28(43)10-11-30(29)44)22-50(33)21-26-8-6-5-7-9-26/h5-13,18-19,22,31-32,39,53H,14-17,20-21,23-24H2,1-4H3,(H2,45,55)(H,46,56)(H,47,60)(H,48,54)(H,49,61). The smallest absolute Gasteiger partial charge is 0.254 e. The van der Waals surface area contributed by atoms with Crippen molar-refractivity contribution < 1.29 is 52.2 Å². The summed E-state index contributed by atoms with van der Waals surface area (Å²) in [6, 6.07) is 10.1. The lowest BCUT2D eigenvalue weighted by molar-refractivity contribution is -0.141. The zero-order chi connectivity index (χ0) is 45.0. The fraction of sp³-hybridized carbons (Fsp3) is 0.381. The molecule has 4 rings (SSSR count). The van der Waals surface area contributed by atoms with Gasteiger partial charge in [-0.05, 0) is 41.7 Å². The third kappa shape index (κ3) is 13.1. The number of benzene rings is 2. The van der Waals surface area contributed by atoms with Crippen LogP contribution in [0.3, 0.4) is 0 Å². The Balaban J connectivity index is 1.67. The Morgan fingerprint density at radius 1 is 0.869 bits per heavy atom. The molecule has 1 aliphatic rings. The van der Waals surface area contributed by atoms with Gasteiger partial charge >= 0.3 is 0 Å². The molecule has 2 aromatic carbocycles. The quantitative estimate of drug-likeness (QED) is 0.0695. The Bertz CT molecular complexity index is 2140. The van der Waals surface area contributed by atoms with E-state index < -0.39 is 102 Å². The number of rotatable bonds is 20. The van der Waals surface area contributed by atoms with Gasteiger partial charge in [0.15, 0.2) is 0 Å². The van der Waals surface area contributed by atoms with E-state index in [1.165, 1.54) is 4.90 Å². The van der Waals surface area contributed by atoms with Gasteiger partial charge in [-0.2, -0.15) is 0 Å². The number of aliphatic hydroxyl groups is 1. The number of aromatic nitrogens is 1. The molecule has 7 N–H and O–H groups in total. The molecule has 0 radical (unpaired) electrons. The lowest BCUT2D eigenvalue weighted by Crippen LogP contribution is -2.56. The van der Waals surface area contributed by atoms with Gasteiger partial charge in [0.25, 0.3) is 11.8 Å². The first-order chi connectivity index (χ1) is 28.8. The summed E-state index contributed by atoms with van der Waals surface area (Å²) in [4.78, 5) is 103. The number of halogens is 2. The van der Waals surface area contributed by atoms with Crippen LogP contribution in [-0.4, -0.2) is 112 Å². The number of imide groups is 1. The third-order valence-corrected chi connectivity index (χ3v) is 9.57. The van der Waals surface area contributed by atoms with E-state index in [2.05, 4.69) is 21.3 Å². The molecule has 326 valence electrons. The predicted octanol–water partition coefficient (Wildman–Crippen LogP) is 0.802. The largest absolute Gasteiger partial charge is 0.387 e. The number of carbonyl (C=O) groups is 8. The van der Waals surface area contributed by atoms with Gasteiger partial charge in [0.1, 0.15) is 36.9 Å². The normalized spacial score (nSPS) is 13.9. The topological polar surface area (TPSA) is 242 Å². The van der Waals surface area contributed by atoms with Crippen LogP contribution in [0.15, 0.2) is 72.9 Å². The van der Waals surface area contributed by atoms with E-state index in [0.717, 1.165) is 47.7 Å². The second kappa shape index (κ2) is 21.0. The number of nitrogens with zero attached hydrogens (tertiary/aromatic N) is 3. The lowest BCUT2D eigenvalue weighted by Gasteiger charge is -2.41. The minimum absolute atomic E-state index is 0.0314. The molecule has 3 aromatic rings. The molecule has 0 saturated heterocycles. The van der Waals surface area contributed by atoms with Crippen molar-refractivity contribution >= 4 is 47.3 Å². The summed E-state index contributed by atoms with van der Waals surface area (Å²) in [5.41, 5.74) is 6.08. The maximum absolute atomic E-state index is 15.2. The van der Waals surface area contributed by atoms with Crippen LogP contribution in [0.2, 0.25) is 0 Å². The summed E-state index contributed by atoms with van der Waals surface area (Å²) in [7, 11) is 0. The van der Waals surface area contributed by atoms with Gasteiger partial charge in [-0.15, -0.1) is 0 Å². The van der Waals surface area contributed by atoms with Crippen molar-refractivity contribution in [2.24, 2.45) is 11.1 Å². The van der Waals surface area contributed by atoms with Crippen LogP contribution in [0.1, 0.15) is 57.8 Å². The SMILES string of the molecule is CC(=O)NC(CC(N)=O)C(=O)NC(CCN(C(=O)CO)C(c1cc(-c2cc(F)ccc2F)cn1Cc1ccccc1)C(C)(C)C)C(=O)NCCNC(=O)CN1C(=O)C=CC1=O. The molecule has 19 heteroatoms. The fourth-order valence-corrected chi connectivity index (χ4v) is 6.86. The Labute approximate surface area is 350 Å². The minimum Gasteiger partial charge on any atom is -0.387 e. The molecule has 8 amide bonds. The first kappa shape index (κ1) is 46.9. The summed E-state index contributed by atoms with van der Waals surface area (Å²) in [6.45, 7) is 4.64. The van der Waals surface area contributed by atoms with Crippen molar-refractivity contribution in [1.82, 2.24) is 35.6 Å². The maximum atomic E-state index is 15.2. The van der Waals surface area contributed by atoms with Gasteiger partial charge in [-0.1, -0.05) is 51.1 Å². The van der Waals surface area contributed by atoms with Gasteiger partial charge in [0.2, 0.25) is 35.4 Å². The van der Waals surface area contributed by atoms with Gasteiger partial charge in [-0.3, -0.25) is 43.3 Å². The second-order valence-electron chi connectivity index (χ2n) is 15.4. The highest BCUT2D eigenvalue weighted by Gasteiger charge is 2.38. The highest BCUT2D eigenvalue weighted by Crippen LogP contribution is 2.41. The molecule has 1 aromatic heterocycles. The van der Waals surface area contributed by atoms with Crippen LogP contribution in [0.4, 0.5) is 8.78 Å². The van der Waals surface area contributed by atoms with Gasteiger partial charge < -0.3 is 41.6 Å². The van der Waals surface area contributed by atoms with Gasteiger partial charge in [0, 0.05) is 68.3 Å². The average molecular weight is 849 g/mol. The molecule has 61 heavy (non-hydrogen) atoms. The first-order valence-electron chi connectivity index (χ1n) is 19.3. The van der Waals surface area contributed by atoms with Crippen LogP contribution in [-0.2, 0) is 44.9 Å². The number of nitrogens with two attached hydrogens (primary N) is 1. The van der Waals surface area contributed by atoms with Crippen LogP contribution < -0.4 is 27.0 Å². The molecule has 17 nitrogen and oxygen atoms in total. The molecule has 0 bridgehead atoms. The van der Waals surface area contributed by atoms with E-state index >= 15 is 4.39 Å². The maximum Gasteiger partial charge on any atom is 0.254 e. The number of hydrogen-bond acceptors (Lipinski definition) is 9. The van der Waals surface area contributed by atoms with Gasteiger partial charge in [0.05, 0.1) is 12.5 Å². The van der Waals surface area contributed by atoms with Gasteiger partial charge in [-0.25, -0.2) is 8.78 Å². The summed E-state index contributed by atoms with van der Waals surface area (Å²) in [6.07, 6.45) is 2.77. The van der Waals surface area contributed by atoms with E-state index in [1.54, 1.807) is 16.8 Å². The first-order valence-corrected chi connectivity index (χ1v) is 19.3. The third-order valence-electron chi connectivity index (χ3n) is 9.57. The lowest BCUT2D eigenvalue weighted by atomic mass is 9.82. The highest BCUT2D eigenvalue weighted by atomic mass is 19.1. The van der Waals surface area contributed by atoms with E-state index in [-0.39, 0.29) is 38.2 Å². The van der Waals surface area contributed by atoms with E-state index in [4.69, 9.17) is 5.73 Å². The molecule has 3 unspecified atom stereocenters.